The van der Waals surface area contributed by atoms with E-state index in [2.05, 4.69) is 15.6 Å². The first-order valence-corrected chi connectivity index (χ1v) is 12.2. The molecule has 0 saturated heterocycles. The predicted molar refractivity (Wildman–Crippen MR) is 139 cm³/mol. The van der Waals surface area contributed by atoms with Crippen LogP contribution < -0.4 is 14.8 Å². The van der Waals surface area contributed by atoms with Crippen molar-refractivity contribution in [3.63, 3.8) is 0 Å². The lowest BCUT2D eigenvalue weighted by Gasteiger charge is -2.40. The topological polar surface area (TPSA) is 98.6 Å². The van der Waals surface area contributed by atoms with Gasteiger partial charge in [-0.1, -0.05) is 48.5 Å². The molecule has 4 aromatic rings. The number of amides is 2. The normalized spacial score (nSPS) is 13.8. The van der Waals surface area contributed by atoms with Gasteiger partial charge in [-0.2, -0.15) is 0 Å². The van der Waals surface area contributed by atoms with E-state index in [4.69, 9.17) is 9.47 Å². The molecular weight excluding hydrogens is 470 g/mol. The molecule has 0 unspecified atom stereocenters. The van der Waals surface area contributed by atoms with Crippen LogP contribution in [0.2, 0.25) is 0 Å². The molecule has 37 heavy (non-hydrogen) atoms. The smallest absolute Gasteiger partial charge is 0.250 e. The third kappa shape index (κ3) is 4.72. The largest absolute Gasteiger partial charge is 0.454 e. The Morgan fingerprint density at radius 1 is 1.05 bits per heavy atom. The fraction of sp³-hybridized carbons (Fsp3) is 0.286. The third-order valence-corrected chi connectivity index (χ3v) is 7.00. The summed E-state index contributed by atoms with van der Waals surface area (Å²) in [6, 6.07) is 20.6. The first-order chi connectivity index (χ1) is 17.9. The van der Waals surface area contributed by atoms with Crippen molar-refractivity contribution in [3.8, 4) is 11.5 Å². The number of nitrogens with zero attached hydrogens (tertiary/aromatic N) is 4. The van der Waals surface area contributed by atoms with Gasteiger partial charge in [0.05, 0.1) is 5.52 Å². The lowest BCUT2D eigenvalue weighted by atomic mass is 9.93. The number of para-hydroxylation sites is 1. The molecule has 2 amide bonds. The van der Waals surface area contributed by atoms with Gasteiger partial charge in [0.25, 0.3) is 0 Å². The van der Waals surface area contributed by atoms with Crippen molar-refractivity contribution in [3.05, 3.63) is 77.9 Å². The van der Waals surface area contributed by atoms with Crippen LogP contribution in [-0.2, 0) is 22.7 Å². The van der Waals surface area contributed by atoms with Crippen LogP contribution in [0.5, 0.6) is 11.5 Å². The van der Waals surface area contributed by atoms with Crippen molar-refractivity contribution in [1.82, 2.24) is 19.9 Å². The highest BCUT2D eigenvalue weighted by molar-refractivity contribution is 6.00. The summed E-state index contributed by atoms with van der Waals surface area (Å²) in [4.78, 5) is 29.3. The molecule has 1 aliphatic rings. The van der Waals surface area contributed by atoms with Gasteiger partial charge in [-0.05, 0) is 55.7 Å². The number of ether oxygens (including phenoxy) is 2. The molecule has 1 aliphatic heterocycles. The van der Waals surface area contributed by atoms with Gasteiger partial charge >= 0.3 is 0 Å². The van der Waals surface area contributed by atoms with Gasteiger partial charge in [0.1, 0.15) is 17.6 Å². The van der Waals surface area contributed by atoms with Gasteiger partial charge in [0, 0.05) is 18.3 Å². The van der Waals surface area contributed by atoms with E-state index in [0.717, 1.165) is 16.6 Å². The van der Waals surface area contributed by atoms with Crippen molar-refractivity contribution < 1.29 is 19.1 Å². The molecule has 0 spiro atoms. The number of hydrogen-bond acceptors (Lipinski definition) is 6. The Balaban J connectivity index is 1.47. The summed E-state index contributed by atoms with van der Waals surface area (Å²) in [6.45, 7) is 6.08. The molecule has 2 heterocycles. The van der Waals surface area contributed by atoms with E-state index in [1.165, 1.54) is 0 Å². The van der Waals surface area contributed by atoms with Crippen molar-refractivity contribution in [2.75, 3.05) is 12.1 Å². The zero-order valence-electron chi connectivity index (χ0n) is 21.1. The van der Waals surface area contributed by atoms with Crippen LogP contribution >= 0.6 is 0 Å². The standard InChI is InChI=1S/C28H29N5O4/c1-4-28(3,27(35)29-21-13-14-24-25(15-21)37-18-36-24)32(16-20-10-6-5-9-19(20)2)26(34)17-33-23-12-8-7-11-22(23)30-31-33/h5-15H,4,16-18H2,1-3H3,(H,29,35)/t28-/m1/s1. The van der Waals surface area contributed by atoms with E-state index >= 15 is 0 Å². The average molecular weight is 500 g/mol. The Hall–Kier alpha value is -4.40. The highest BCUT2D eigenvalue weighted by Gasteiger charge is 2.41. The summed E-state index contributed by atoms with van der Waals surface area (Å²) in [5, 5.41) is 11.3. The van der Waals surface area contributed by atoms with E-state index in [-0.39, 0.29) is 31.7 Å². The van der Waals surface area contributed by atoms with Gasteiger partial charge in [-0.3, -0.25) is 9.59 Å². The SMILES string of the molecule is CC[C@](C)(C(=O)Nc1ccc2c(c1)OCO2)N(Cc1ccccc1C)C(=O)Cn1nnc2ccccc21. The van der Waals surface area contributed by atoms with Crippen LogP contribution in [0.4, 0.5) is 5.69 Å². The van der Waals surface area contributed by atoms with Crippen LogP contribution in [0.1, 0.15) is 31.4 Å². The number of hydrogen-bond donors (Lipinski definition) is 1. The van der Waals surface area contributed by atoms with Gasteiger partial charge in [0.2, 0.25) is 18.6 Å². The van der Waals surface area contributed by atoms with Crippen LogP contribution in [-0.4, -0.2) is 44.0 Å². The fourth-order valence-corrected chi connectivity index (χ4v) is 4.46. The molecule has 3 aromatic carbocycles. The first kappa shape index (κ1) is 24.3. The van der Waals surface area contributed by atoms with Crippen molar-refractivity contribution in [2.45, 2.75) is 45.8 Å². The van der Waals surface area contributed by atoms with E-state index in [1.807, 2.05) is 62.4 Å². The van der Waals surface area contributed by atoms with E-state index < -0.39 is 5.54 Å². The summed E-state index contributed by atoms with van der Waals surface area (Å²) in [5.74, 6) is 0.679. The average Bonchev–Trinajstić information content (AvgIpc) is 3.54. The maximum atomic E-state index is 13.9. The fourth-order valence-electron chi connectivity index (χ4n) is 4.46. The number of aromatic nitrogens is 3. The summed E-state index contributed by atoms with van der Waals surface area (Å²) in [6.07, 6.45) is 0.402. The second kappa shape index (κ2) is 9.93. The number of aryl methyl sites for hydroxylation is 1. The Morgan fingerprint density at radius 2 is 1.81 bits per heavy atom. The second-order valence-electron chi connectivity index (χ2n) is 9.29. The molecule has 1 N–H and O–H groups in total. The number of anilines is 1. The van der Waals surface area contributed by atoms with Gasteiger partial charge in [-0.25, -0.2) is 4.68 Å². The lowest BCUT2D eigenvalue weighted by Crippen LogP contribution is -2.57. The quantitative estimate of drug-likeness (QED) is 0.388. The molecule has 5 rings (SSSR count). The Morgan fingerprint density at radius 3 is 2.62 bits per heavy atom. The number of rotatable bonds is 8. The van der Waals surface area contributed by atoms with E-state index in [1.54, 1.807) is 34.7 Å². The minimum atomic E-state index is -1.15. The van der Waals surface area contributed by atoms with Gasteiger partial charge < -0.3 is 19.7 Å². The lowest BCUT2D eigenvalue weighted by molar-refractivity contribution is -0.146. The Labute approximate surface area is 215 Å². The third-order valence-electron chi connectivity index (χ3n) is 7.00. The summed E-state index contributed by atoms with van der Waals surface area (Å²) in [5.41, 5.74) is 2.90. The van der Waals surface area contributed by atoms with Crippen LogP contribution in [0.15, 0.2) is 66.7 Å². The van der Waals surface area contributed by atoms with Crippen molar-refractivity contribution >= 4 is 28.5 Å². The van der Waals surface area contributed by atoms with Gasteiger partial charge in [-0.15, -0.1) is 5.10 Å². The monoisotopic (exact) mass is 499 g/mol. The molecule has 0 aliphatic carbocycles. The van der Waals surface area contributed by atoms with E-state index in [0.29, 0.717) is 29.1 Å². The summed E-state index contributed by atoms with van der Waals surface area (Å²) < 4.78 is 12.4. The maximum absolute atomic E-state index is 13.9. The highest BCUT2D eigenvalue weighted by Crippen LogP contribution is 2.35. The van der Waals surface area contributed by atoms with Gasteiger partial charge in [0.15, 0.2) is 11.5 Å². The number of nitrogens with one attached hydrogen (secondary N) is 1. The highest BCUT2D eigenvalue weighted by atomic mass is 16.7. The van der Waals surface area contributed by atoms with Crippen molar-refractivity contribution in [2.24, 2.45) is 0 Å². The zero-order chi connectivity index (χ0) is 26.0. The molecule has 9 nitrogen and oxygen atoms in total. The molecule has 0 radical (unpaired) electrons. The van der Waals surface area contributed by atoms with Crippen molar-refractivity contribution in [1.29, 1.82) is 0 Å². The summed E-state index contributed by atoms with van der Waals surface area (Å²) >= 11 is 0. The first-order valence-electron chi connectivity index (χ1n) is 12.2. The maximum Gasteiger partial charge on any atom is 0.250 e. The number of benzene rings is 3. The molecule has 0 bridgehead atoms. The molecule has 0 fully saturated rings. The Bertz CT molecular complexity index is 1470. The number of carbonyl (C=O) groups excluding carboxylic acids is 2. The van der Waals surface area contributed by atoms with Crippen LogP contribution in [0.3, 0.4) is 0 Å². The van der Waals surface area contributed by atoms with Crippen LogP contribution in [0.25, 0.3) is 11.0 Å². The zero-order valence-corrected chi connectivity index (χ0v) is 21.1. The molecular formula is C28H29N5O4. The summed E-state index contributed by atoms with van der Waals surface area (Å²) in [7, 11) is 0. The second-order valence-corrected chi connectivity index (χ2v) is 9.29. The molecule has 1 atom stereocenters. The molecule has 1 aromatic heterocycles. The number of fused-ring (bicyclic) bond motifs is 2. The molecule has 0 saturated carbocycles. The molecule has 9 heteroatoms. The van der Waals surface area contributed by atoms with E-state index in [9.17, 15) is 9.59 Å². The number of carbonyl (C=O) groups is 2. The minimum absolute atomic E-state index is 0.0424. The van der Waals surface area contributed by atoms with Crippen LogP contribution in [0, 0.1) is 6.92 Å². The predicted octanol–water partition coefficient (Wildman–Crippen LogP) is 4.30. The Kier molecular flexibility index (Phi) is 6.52. The molecule has 190 valence electrons. The minimum Gasteiger partial charge on any atom is -0.454 e.